The van der Waals surface area contributed by atoms with Gasteiger partial charge in [-0.2, -0.15) is 0 Å². The summed E-state index contributed by atoms with van der Waals surface area (Å²) in [5, 5.41) is 0. The molecule has 6 heterocycles. The third kappa shape index (κ3) is 28.7. The first-order chi connectivity index (χ1) is 23.0. The van der Waals surface area contributed by atoms with E-state index in [1.807, 2.05) is 19.1 Å². The predicted octanol–water partition coefficient (Wildman–Crippen LogP) is 8.17. The van der Waals surface area contributed by atoms with Gasteiger partial charge in [0.05, 0.1) is 26.4 Å². The van der Waals surface area contributed by atoms with Gasteiger partial charge in [-0.25, -0.2) is 0 Å². The lowest BCUT2D eigenvalue weighted by atomic mass is 9.95. The maximum Gasteiger partial charge on any atom is 0.0594 e. The third-order valence-corrected chi connectivity index (χ3v) is 9.19. The maximum absolute atomic E-state index is 5.25. The normalized spacial score (nSPS) is 21.0. The van der Waals surface area contributed by atoms with Crippen molar-refractivity contribution >= 4 is 0 Å². The number of hydrogen-bond donors (Lipinski definition) is 0. The molecule has 284 valence electrons. The van der Waals surface area contributed by atoms with E-state index in [1.54, 1.807) is 12.4 Å². The molecule has 0 amide bonds. The van der Waals surface area contributed by atoms with E-state index < -0.39 is 0 Å². The van der Waals surface area contributed by atoms with Gasteiger partial charge < -0.3 is 28.6 Å². The number of pyridine rings is 1. The van der Waals surface area contributed by atoms with Crippen molar-refractivity contribution in [2.75, 3.05) is 106 Å². The molecule has 0 N–H and O–H groups in total. The SMILES string of the molecule is C.CC1CCOCC1.CCC1CCOCC1.CCCC1CCOCC1.CCCN1CCOCC1.CN1CCOCC1.Cc1ccncc1. The summed E-state index contributed by atoms with van der Waals surface area (Å²) in [5.41, 5.74) is 1.26. The zero-order chi connectivity index (χ0) is 34.2. The molecule has 5 fully saturated rings. The van der Waals surface area contributed by atoms with E-state index in [0.717, 1.165) is 110 Å². The molecule has 48 heavy (non-hydrogen) atoms. The van der Waals surface area contributed by atoms with Gasteiger partial charge in [0.1, 0.15) is 0 Å². The number of aromatic nitrogens is 1. The molecule has 5 aliphatic rings. The molecule has 0 atom stereocenters. The zero-order valence-electron chi connectivity index (χ0n) is 31.6. The summed E-state index contributed by atoms with van der Waals surface area (Å²) < 4.78 is 25.9. The van der Waals surface area contributed by atoms with Crippen molar-refractivity contribution in [3.05, 3.63) is 30.1 Å². The van der Waals surface area contributed by atoms with Gasteiger partial charge in [0.25, 0.3) is 0 Å². The van der Waals surface area contributed by atoms with Gasteiger partial charge in [-0.15, -0.1) is 0 Å². The minimum Gasteiger partial charge on any atom is -0.381 e. The Balaban J connectivity index is 0.000000552. The molecule has 0 aromatic carbocycles. The van der Waals surface area contributed by atoms with Crippen LogP contribution < -0.4 is 0 Å². The lowest BCUT2D eigenvalue weighted by Crippen LogP contribution is -2.36. The molecule has 6 rings (SSSR count). The molecular formula is C40H79N3O5. The summed E-state index contributed by atoms with van der Waals surface area (Å²) in [6.07, 6.45) is 16.6. The molecule has 0 radical (unpaired) electrons. The van der Waals surface area contributed by atoms with Gasteiger partial charge in [0, 0.05) is 78.2 Å². The average Bonchev–Trinajstić information content (AvgIpc) is 3.12. The van der Waals surface area contributed by atoms with E-state index in [-0.39, 0.29) is 7.43 Å². The molecule has 0 unspecified atom stereocenters. The molecule has 0 aliphatic carbocycles. The van der Waals surface area contributed by atoms with Crippen molar-refractivity contribution < 1.29 is 23.7 Å². The standard InChI is InChI=1S/C8H16O.C7H15NO.C7H14O.C6H7N.C6H12O.C5H11NO.CH4/c2*1-2-3-8-4-6-9-7-5-8;1-2-7-3-5-8-6-4-7;3*1-6-2-4-7-5-3-6;/h8H,2-7H2,1H3;2-7H2,1H3;7H,2-6H2,1H3;2-5H,1H3;6H,2-5H2,1H3;2-5H2,1H3;1H4. The first kappa shape index (κ1) is 46.9. The van der Waals surface area contributed by atoms with Crippen molar-refractivity contribution in [1.82, 2.24) is 14.8 Å². The Morgan fingerprint density at radius 2 is 1.06 bits per heavy atom. The van der Waals surface area contributed by atoms with E-state index in [9.17, 15) is 0 Å². The van der Waals surface area contributed by atoms with Crippen molar-refractivity contribution in [2.45, 2.75) is 106 Å². The Morgan fingerprint density at radius 3 is 1.38 bits per heavy atom. The molecule has 0 spiro atoms. The molecule has 0 saturated carbocycles. The predicted molar refractivity (Wildman–Crippen MR) is 203 cm³/mol. The number of morpholine rings is 2. The van der Waals surface area contributed by atoms with Crippen LogP contribution in [0.25, 0.3) is 0 Å². The van der Waals surface area contributed by atoms with Crippen LogP contribution in [0.4, 0.5) is 0 Å². The highest BCUT2D eigenvalue weighted by molar-refractivity contribution is 5.05. The maximum atomic E-state index is 5.25. The fourth-order valence-electron chi connectivity index (χ4n) is 5.64. The van der Waals surface area contributed by atoms with Crippen molar-refractivity contribution in [1.29, 1.82) is 0 Å². The number of likely N-dealkylation sites (N-methyl/N-ethyl adjacent to an activating group) is 1. The van der Waals surface area contributed by atoms with Gasteiger partial charge in [0.2, 0.25) is 0 Å². The second-order valence-electron chi connectivity index (χ2n) is 13.5. The molecular weight excluding hydrogens is 602 g/mol. The topological polar surface area (TPSA) is 65.5 Å². The van der Waals surface area contributed by atoms with Crippen molar-refractivity contribution in [2.24, 2.45) is 17.8 Å². The fourth-order valence-corrected chi connectivity index (χ4v) is 5.64. The first-order valence-electron chi connectivity index (χ1n) is 19.1. The second kappa shape index (κ2) is 34.3. The zero-order valence-corrected chi connectivity index (χ0v) is 31.6. The molecule has 8 heteroatoms. The summed E-state index contributed by atoms with van der Waals surface area (Å²) in [6.45, 7) is 26.4. The summed E-state index contributed by atoms with van der Waals surface area (Å²) in [5.74, 6) is 2.85. The van der Waals surface area contributed by atoms with E-state index in [4.69, 9.17) is 23.7 Å². The fraction of sp³-hybridized carbons (Fsp3) is 0.875. The number of hydrogen-bond acceptors (Lipinski definition) is 8. The molecule has 8 nitrogen and oxygen atoms in total. The van der Waals surface area contributed by atoms with Crippen molar-refractivity contribution in [3.63, 3.8) is 0 Å². The summed E-state index contributed by atoms with van der Waals surface area (Å²) in [6, 6.07) is 3.94. The van der Waals surface area contributed by atoms with Gasteiger partial charge in [-0.3, -0.25) is 9.88 Å². The monoisotopic (exact) mass is 682 g/mol. The van der Waals surface area contributed by atoms with Crippen LogP contribution in [0, 0.1) is 24.7 Å². The van der Waals surface area contributed by atoms with Crippen LogP contribution in [0.2, 0.25) is 0 Å². The molecule has 5 aliphatic heterocycles. The van der Waals surface area contributed by atoms with Gasteiger partial charge in [-0.1, -0.05) is 54.4 Å². The largest absolute Gasteiger partial charge is 0.381 e. The molecule has 1 aromatic heterocycles. The van der Waals surface area contributed by atoms with Crippen LogP contribution in [0.1, 0.15) is 105 Å². The highest BCUT2D eigenvalue weighted by atomic mass is 16.5. The summed E-state index contributed by atoms with van der Waals surface area (Å²) >= 11 is 0. The molecule has 0 bridgehead atoms. The number of rotatable bonds is 5. The van der Waals surface area contributed by atoms with Crippen LogP contribution in [0.3, 0.4) is 0 Å². The molecule has 1 aromatic rings. The quantitative estimate of drug-likeness (QED) is 0.309. The van der Waals surface area contributed by atoms with Crippen LogP contribution >= 0.6 is 0 Å². The highest BCUT2D eigenvalue weighted by Gasteiger charge is 2.12. The van der Waals surface area contributed by atoms with E-state index >= 15 is 0 Å². The smallest absolute Gasteiger partial charge is 0.0594 e. The first-order valence-corrected chi connectivity index (χ1v) is 19.1. The summed E-state index contributed by atoms with van der Waals surface area (Å²) in [4.78, 5) is 8.56. The van der Waals surface area contributed by atoms with Gasteiger partial charge in [0.15, 0.2) is 0 Å². The summed E-state index contributed by atoms with van der Waals surface area (Å²) in [7, 11) is 2.11. The van der Waals surface area contributed by atoms with Crippen LogP contribution in [-0.4, -0.2) is 121 Å². The van der Waals surface area contributed by atoms with Gasteiger partial charge in [-0.05, 0) is 101 Å². The van der Waals surface area contributed by atoms with E-state index in [2.05, 4.69) is 49.5 Å². The highest BCUT2D eigenvalue weighted by Crippen LogP contribution is 2.19. The minimum atomic E-state index is 0. The van der Waals surface area contributed by atoms with Crippen molar-refractivity contribution in [3.8, 4) is 0 Å². The second-order valence-corrected chi connectivity index (χ2v) is 13.5. The van der Waals surface area contributed by atoms with Gasteiger partial charge >= 0.3 is 0 Å². The average molecular weight is 682 g/mol. The Labute approximate surface area is 298 Å². The Hall–Kier alpha value is -1.13. The number of nitrogens with zero attached hydrogens (tertiary/aromatic N) is 3. The Kier molecular flexibility index (Phi) is 33.5. The van der Waals surface area contributed by atoms with E-state index in [1.165, 1.54) is 76.3 Å². The van der Waals surface area contributed by atoms with Crippen LogP contribution in [0.5, 0.6) is 0 Å². The number of ether oxygens (including phenoxy) is 5. The number of aryl methyl sites for hydroxylation is 1. The third-order valence-electron chi connectivity index (χ3n) is 9.19. The van der Waals surface area contributed by atoms with E-state index in [0.29, 0.717) is 0 Å². The van der Waals surface area contributed by atoms with Crippen LogP contribution in [0.15, 0.2) is 24.5 Å². The Bertz CT molecular complexity index is 703. The molecule has 5 saturated heterocycles. The lowest BCUT2D eigenvalue weighted by Gasteiger charge is -2.25. The lowest BCUT2D eigenvalue weighted by molar-refractivity contribution is 0.0380. The minimum absolute atomic E-state index is 0. The van der Waals surface area contributed by atoms with Crippen LogP contribution in [-0.2, 0) is 23.7 Å². The Morgan fingerprint density at radius 1 is 0.625 bits per heavy atom.